The second-order valence-corrected chi connectivity index (χ2v) is 14.9. The van der Waals surface area contributed by atoms with Crippen LogP contribution in [0.1, 0.15) is 45.0 Å². The smallest absolute Gasteiger partial charge is 0.261 e. The molecule has 0 amide bonds. The largest absolute Gasteiger partial charge is 0.407 e. The molecule has 0 aromatic heterocycles. The Balaban J connectivity index is 1.84. The van der Waals surface area contributed by atoms with Crippen molar-refractivity contribution in [3.8, 4) is 0 Å². The Labute approximate surface area is 218 Å². The topological polar surface area (TPSA) is 35.5 Å². The predicted octanol–water partition coefficient (Wildman–Crippen LogP) is 6.29. The zero-order valence-electron chi connectivity index (χ0n) is 22.5. The van der Waals surface area contributed by atoms with Crippen molar-refractivity contribution in [1.82, 2.24) is 0 Å². The molecule has 36 heavy (non-hydrogen) atoms. The average Bonchev–Trinajstić information content (AvgIpc) is 2.89. The van der Waals surface area contributed by atoms with Gasteiger partial charge in [0.2, 0.25) is 0 Å². The highest BCUT2D eigenvalue weighted by molar-refractivity contribution is 6.99. The summed E-state index contributed by atoms with van der Waals surface area (Å²) in [5, 5.41) is 2.46. The molecule has 0 aliphatic carbocycles. The van der Waals surface area contributed by atoms with Crippen LogP contribution >= 0.6 is 0 Å². The number of rotatable bonds is 11. The number of allylic oxidation sites excluding steroid dienone is 1. The van der Waals surface area contributed by atoms with Crippen LogP contribution < -0.4 is 10.4 Å². The van der Waals surface area contributed by atoms with E-state index in [0.29, 0.717) is 12.2 Å². The highest BCUT2D eigenvalue weighted by atomic mass is 28.4. The molecule has 0 fully saturated rings. The molecule has 0 N–H and O–H groups in total. The molecule has 0 aliphatic heterocycles. The molecule has 190 valence electrons. The first kappa shape index (κ1) is 27.8. The Morgan fingerprint density at radius 3 is 1.75 bits per heavy atom. The van der Waals surface area contributed by atoms with E-state index >= 15 is 0 Å². The molecule has 0 radical (unpaired) electrons. The van der Waals surface area contributed by atoms with Crippen LogP contribution in [0.4, 0.5) is 0 Å². The third-order valence-corrected chi connectivity index (χ3v) is 11.9. The van der Waals surface area contributed by atoms with Gasteiger partial charge in [0.05, 0.1) is 6.10 Å². The number of hydrogen-bond acceptors (Lipinski definition) is 3. The molecule has 0 unspecified atom stereocenters. The molecule has 0 heterocycles. The fourth-order valence-electron chi connectivity index (χ4n) is 5.13. The quantitative estimate of drug-likeness (QED) is 0.176. The normalized spacial score (nSPS) is 14.9. The molecule has 0 saturated heterocycles. The summed E-state index contributed by atoms with van der Waals surface area (Å²) in [5.74, 6) is 0.192. The van der Waals surface area contributed by atoms with Crippen LogP contribution in [-0.2, 0) is 9.16 Å². The van der Waals surface area contributed by atoms with Crippen molar-refractivity contribution < 1.29 is 14.0 Å². The van der Waals surface area contributed by atoms with Crippen LogP contribution in [0.15, 0.2) is 103 Å². The zero-order chi connectivity index (χ0) is 26.2. The van der Waals surface area contributed by atoms with Gasteiger partial charge < -0.3 is 9.16 Å². The van der Waals surface area contributed by atoms with Gasteiger partial charge in [-0.25, -0.2) is 0 Å². The van der Waals surface area contributed by atoms with E-state index in [2.05, 4.69) is 95.3 Å². The lowest BCUT2D eigenvalue weighted by molar-refractivity contribution is 0.0133. The summed E-state index contributed by atoms with van der Waals surface area (Å²) in [4.78, 5) is 12.6. The number of ether oxygens (including phenoxy) is 1. The van der Waals surface area contributed by atoms with Crippen molar-refractivity contribution in [2.75, 3.05) is 13.7 Å². The predicted molar refractivity (Wildman–Crippen MR) is 153 cm³/mol. The number of methoxy groups -OCH3 is 1. The third kappa shape index (κ3) is 6.30. The molecule has 3 aromatic carbocycles. The molecule has 3 aromatic rings. The molecule has 0 saturated carbocycles. The van der Waals surface area contributed by atoms with Gasteiger partial charge in [-0.15, -0.1) is 0 Å². The molecule has 4 heteroatoms. The summed E-state index contributed by atoms with van der Waals surface area (Å²) in [7, 11) is -0.870. The SMILES string of the molecule is CO[C@H]([C@H](C)/C=C/C(=O)c1ccccc1)[C@@H](C)CO[Si](c1ccccc1)(c1ccccc1)C(C)(C)C. The van der Waals surface area contributed by atoms with E-state index in [1.165, 1.54) is 10.4 Å². The second kappa shape index (κ2) is 12.4. The number of carbonyl (C=O) groups is 1. The van der Waals surface area contributed by atoms with E-state index in [-0.39, 0.29) is 28.8 Å². The molecule has 3 rings (SSSR count). The van der Waals surface area contributed by atoms with Crippen molar-refractivity contribution >= 4 is 24.5 Å². The Morgan fingerprint density at radius 2 is 1.31 bits per heavy atom. The standard InChI is InChI=1S/C32H40O3Si/c1-25(22-23-30(33)27-16-10-7-11-17-27)31(34-6)26(2)24-35-36(32(3,4)5,28-18-12-8-13-19-28)29-20-14-9-15-21-29/h7-23,25-26,31H,24H2,1-6H3/b23-22+/t25-,26+,31-/m1/s1. The van der Waals surface area contributed by atoms with Gasteiger partial charge in [-0.2, -0.15) is 0 Å². The highest BCUT2D eigenvalue weighted by Crippen LogP contribution is 2.37. The first-order valence-corrected chi connectivity index (χ1v) is 14.7. The number of hydrogen-bond donors (Lipinski definition) is 0. The number of benzene rings is 3. The minimum Gasteiger partial charge on any atom is -0.407 e. The van der Waals surface area contributed by atoms with Crippen LogP contribution in [0, 0.1) is 11.8 Å². The molecule has 0 aliphatic rings. The third-order valence-electron chi connectivity index (χ3n) is 6.94. The van der Waals surface area contributed by atoms with E-state index < -0.39 is 8.32 Å². The van der Waals surface area contributed by atoms with Gasteiger partial charge in [0.1, 0.15) is 0 Å². The van der Waals surface area contributed by atoms with E-state index in [9.17, 15) is 4.79 Å². The van der Waals surface area contributed by atoms with Gasteiger partial charge in [0.15, 0.2) is 5.78 Å². The van der Waals surface area contributed by atoms with Gasteiger partial charge in [-0.1, -0.05) is 132 Å². The Bertz CT molecular complexity index is 1060. The maximum Gasteiger partial charge on any atom is 0.261 e. The van der Waals surface area contributed by atoms with Crippen molar-refractivity contribution in [2.45, 2.75) is 45.8 Å². The molecular formula is C32H40O3Si. The fourth-order valence-corrected chi connectivity index (χ4v) is 9.79. The molecule has 3 atom stereocenters. The summed E-state index contributed by atoms with van der Waals surface area (Å²) in [5.41, 5.74) is 0.693. The van der Waals surface area contributed by atoms with Gasteiger partial charge in [-0.05, 0) is 21.5 Å². The van der Waals surface area contributed by atoms with E-state index in [0.717, 1.165) is 0 Å². The molecule has 0 bridgehead atoms. The lowest BCUT2D eigenvalue weighted by Gasteiger charge is -2.44. The second-order valence-electron chi connectivity index (χ2n) is 10.6. The summed E-state index contributed by atoms with van der Waals surface area (Å²) in [6.45, 7) is 11.7. The monoisotopic (exact) mass is 500 g/mol. The minimum absolute atomic E-state index is 0.00789. The van der Waals surface area contributed by atoms with Gasteiger partial charge >= 0.3 is 0 Å². The van der Waals surface area contributed by atoms with Crippen LogP contribution in [-0.4, -0.2) is 33.9 Å². The van der Waals surface area contributed by atoms with E-state index in [1.54, 1.807) is 13.2 Å². The van der Waals surface area contributed by atoms with Crippen LogP contribution in [0.25, 0.3) is 0 Å². The maximum absolute atomic E-state index is 12.6. The van der Waals surface area contributed by atoms with Crippen LogP contribution in [0.2, 0.25) is 5.04 Å². The van der Waals surface area contributed by atoms with Crippen LogP contribution in [0.5, 0.6) is 0 Å². The Morgan fingerprint density at radius 1 is 0.833 bits per heavy atom. The Kier molecular flexibility index (Phi) is 9.60. The minimum atomic E-state index is -2.61. The molecular weight excluding hydrogens is 460 g/mol. The van der Waals surface area contributed by atoms with Crippen molar-refractivity contribution in [3.05, 3.63) is 109 Å². The number of ketones is 1. The molecule has 0 spiro atoms. The van der Waals surface area contributed by atoms with Crippen molar-refractivity contribution in [1.29, 1.82) is 0 Å². The summed E-state index contributed by atoms with van der Waals surface area (Å²) < 4.78 is 13.1. The van der Waals surface area contributed by atoms with Crippen LogP contribution in [0.3, 0.4) is 0 Å². The Hall–Kier alpha value is -2.79. The first-order valence-electron chi connectivity index (χ1n) is 12.8. The fraction of sp³-hybridized carbons (Fsp3) is 0.344. The number of carbonyl (C=O) groups excluding carboxylic acids is 1. The average molecular weight is 501 g/mol. The van der Waals surface area contributed by atoms with E-state index in [1.807, 2.05) is 36.4 Å². The maximum atomic E-state index is 12.6. The zero-order valence-corrected chi connectivity index (χ0v) is 23.5. The van der Waals surface area contributed by atoms with E-state index in [4.69, 9.17) is 9.16 Å². The summed E-state index contributed by atoms with van der Waals surface area (Å²) in [6.07, 6.45) is 3.55. The van der Waals surface area contributed by atoms with Gasteiger partial charge in [0, 0.05) is 31.1 Å². The lowest BCUT2D eigenvalue weighted by atomic mass is 9.93. The summed E-state index contributed by atoms with van der Waals surface area (Å²) in [6, 6.07) is 30.7. The lowest BCUT2D eigenvalue weighted by Crippen LogP contribution is -2.67. The van der Waals surface area contributed by atoms with Gasteiger partial charge in [0.25, 0.3) is 8.32 Å². The highest BCUT2D eigenvalue weighted by Gasteiger charge is 2.50. The van der Waals surface area contributed by atoms with Gasteiger partial charge in [-0.3, -0.25) is 4.79 Å². The first-order chi connectivity index (χ1) is 17.2. The van der Waals surface area contributed by atoms with Crippen molar-refractivity contribution in [3.63, 3.8) is 0 Å². The summed E-state index contributed by atoms with van der Waals surface area (Å²) >= 11 is 0. The molecule has 3 nitrogen and oxygen atoms in total. The van der Waals surface area contributed by atoms with Crippen molar-refractivity contribution in [2.24, 2.45) is 11.8 Å².